The number of benzene rings is 1. The lowest BCUT2D eigenvalue weighted by Gasteiger charge is -2.07. The number of Topliss-reactive ketones (excluding diaryl/α,β-unsaturated/α-hetero) is 1. The summed E-state index contributed by atoms with van der Waals surface area (Å²) >= 11 is 0. The van der Waals surface area contributed by atoms with E-state index in [4.69, 9.17) is 4.74 Å². The summed E-state index contributed by atoms with van der Waals surface area (Å²) < 4.78 is 4.89. The third kappa shape index (κ3) is 4.24. The predicted octanol–water partition coefficient (Wildman–Crippen LogP) is 2.08. The van der Waals surface area contributed by atoms with Gasteiger partial charge in [0, 0.05) is 23.6 Å². The van der Waals surface area contributed by atoms with E-state index in [1.165, 1.54) is 31.5 Å². The molecule has 2 rings (SSSR count). The Morgan fingerprint density at radius 1 is 1.09 bits per heavy atom. The highest BCUT2D eigenvalue weighted by Gasteiger charge is 2.10. The summed E-state index contributed by atoms with van der Waals surface area (Å²) in [7, 11) is 0. The third-order valence-electron chi connectivity index (χ3n) is 2.80. The molecule has 0 fully saturated rings. The minimum absolute atomic E-state index is 0.0970. The largest absolute Gasteiger partial charge is 0.452 e. The summed E-state index contributed by atoms with van der Waals surface area (Å²) in [6, 6.07) is 9.52. The number of ketones is 1. The number of rotatable bonds is 5. The van der Waals surface area contributed by atoms with Crippen LogP contribution in [0.1, 0.15) is 27.6 Å². The van der Waals surface area contributed by atoms with Crippen LogP contribution >= 0.6 is 0 Å². The second kappa shape index (κ2) is 7.12. The molecule has 1 N–H and O–H groups in total. The smallest absolute Gasteiger partial charge is 0.338 e. The van der Waals surface area contributed by atoms with Gasteiger partial charge < -0.3 is 10.1 Å². The minimum Gasteiger partial charge on any atom is -0.452 e. The maximum absolute atomic E-state index is 11.7. The molecule has 1 heterocycles. The first-order valence-corrected chi connectivity index (χ1v) is 6.54. The molecule has 0 aliphatic carbocycles. The van der Waals surface area contributed by atoms with E-state index in [0.29, 0.717) is 16.8 Å². The quantitative estimate of drug-likeness (QED) is 0.674. The molecular formula is C16H14N2O4. The first kappa shape index (κ1) is 15.4. The molecule has 0 spiro atoms. The Bertz CT molecular complexity index is 698. The van der Waals surface area contributed by atoms with Crippen molar-refractivity contribution in [2.24, 2.45) is 0 Å². The van der Waals surface area contributed by atoms with Gasteiger partial charge in [-0.05, 0) is 31.2 Å². The first-order chi connectivity index (χ1) is 10.6. The summed E-state index contributed by atoms with van der Waals surface area (Å²) in [5.74, 6) is -1.18. The molecule has 0 saturated heterocycles. The van der Waals surface area contributed by atoms with E-state index in [-0.39, 0.29) is 5.78 Å². The van der Waals surface area contributed by atoms with Crippen LogP contribution in [0.2, 0.25) is 0 Å². The van der Waals surface area contributed by atoms with Gasteiger partial charge in [-0.25, -0.2) is 4.79 Å². The molecule has 1 amide bonds. The molecule has 0 saturated carbocycles. The van der Waals surface area contributed by atoms with Gasteiger partial charge in [0.15, 0.2) is 12.4 Å². The Hall–Kier alpha value is -3.02. The highest BCUT2D eigenvalue weighted by molar-refractivity contribution is 5.98. The van der Waals surface area contributed by atoms with Crippen molar-refractivity contribution in [3.63, 3.8) is 0 Å². The molecule has 0 aliphatic rings. The lowest BCUT2D eigenvalue weighted by atomic mass is 10.1. The van der Waals surface area contributed by atoms with Gasteiger partial charge in [-0.3, -0.25) is 14.6 Å². The molecule has 0 unspecified atom stereocenters. The van der Waals surface area contributed by atoms with Crippen molar-refractivity contribution in [2.45, 2.75) is 6.92 Å². The Morgan fingerprint density at radius 2 is 1.82 bits per heavy atom. The van der Waals surface area contributed by atoms with Gasteiger partial charge in [-0.15, -0.1) is 0 Å². The fourth-order valence-electron chi connectivity index (χ4n) is 1.72. The van der Waals surface area contributed by atoms with E-state index in [1.54, 1.807) is 24.3 Å². The van der Waals surface area contributed by atoms with Gasteiger partial charge in [-0.2, -0.15) is 0 Å². The zero-order valence-corrected chi connectivity index (χ0v) is 11.9. The normalized spacial score (nSPS) is 9.86. The average molecular weight is 298 g/mol. The fourth-order valence-corrected chi connectivity index (χ4v) is 1.72. The molecule has 1 aromatic carbocycles. The molecule has 22 heavy (non-hydrogen) atoms. The molecule has 2 aromatic rings. The van der Waals surface area contributed by atoms with Crippen molar-refractivity contribution >= 4 is 23.3 Å². The summed E-state index contributed by atoms with van der Waals surface area (Å²) in [6.07, 6.45) is 2.92. The Balaban J connectivity index is 1.89. The summed E-state index contributed by atoms with van der Waals surface area (Å²) in [5.41, 5.74) is 1.28. The first-order valence-electron chi connectivity index (χ1n) is 6.54. The van der Waals surface area contributed by atoms with Gasteiger partial charge in [0.1, 0.15) is 0 Å². The topological polar surface area (TPSA) is 85.4 Å². The second-order valence-corrected chi connectivity index (χ2v) is 4.50. The maximum Gasteiger partial charge on any atom is 0.338 e. The highest BCUT2D eigenvalue weighted by Crippen LogP contribution is 2.11. The second-order valence-electron chi connectivity index (χ2n) is 4.50. The maximum atomic E-state index is 11.7. The van der Waals surface area contributed by atoms with Crippen molar-refractivity contribution < 1.29 is 19.1 Å². The number of ether oxygens (including phenoxy) is 1. The number of carbonyl (C=O) groups excluding carboxylic acids is 3. The molecule has 0 aliphatic heterocycles. The number of hydrogen-bond donors (Lipinski definition) is 1. The fraction of sp³-hybridized carbons (Fsp3) is 0.125. The van der Waals surface area contributed by atoms with Gasteiger partial charge >= 0.3 is 5.97 Å². The van der Waals surface area contributed by atoms with Crippen molar-refractivity contribution in [3.8, 4) is 0 Å². The zero-order valence-electron chi connectivity index (χ0n) is 11.9. The Labute approximate surface area is 127 Å². The van der Waals surface area contributed by atoms with Crippen molar-refractivity contribution in [1.29, 1.82) is 0 Å². The predicted molar refractivity (Wildman–Crippen MR) is 79.6 cm³/mol. The monoisotopic (exact) mass is 298 g/mol. The van der Waals surface area contributed by atoms with Crippen LogP contribution in [0.5, 0.6) is 0 Å². The molecule has 0 atom stereocenters. The molecule has 6 heteroatoms. The van der Waals surface area contributed by atoms with Crippen LogP contribution in [0.3, 0.4) is 0 Å². The van der Waals surface area contributed by atoms with Gasteiger partial charge in [0.2, 0.25) is 0 Å². The molecule has 0 bridgehead atoms. The number of nitrogens with one attached hydrogen (secondary N) is 1. The summed E-state index contributed by atoms with van der Waals surface area (Å²) in [4.78, 5) is 38.5. The number of carbonyl (C=O) groups is 3. The minimum atomic E-state index is -0.602. The number of aromatic nitrogens is 1. The van der Waals surface area contributed by atoms with Gasteiger partial charge in [0.05, 0.1) is 5.56 Å². The average Bonchev–Trinajstić information content (AvgIpc) is 2.53. The zero-order chi connectivity index (χ0) is 15.9. The van der Waals surface area contributed by atoms with Crippen LogP contribution in [0.15, 0.2) is 48.8 Å². The number of amides is 1. The van der Waals surface area contributed by atoms with E-state index < -0.39 is 18.5 Å². The molecular weight excluding hydrogens is 284 g/mol. The van der Waals surface area contributed by atoms with Gasteiger partial charge in [0.25, 0.3) is 5.91 Å². The van der Waals surface area contributed by atoms with Crippen molar-refractivity contribution in [1.82, 2.24) is 4.98 Å². The molecule has 6 nitrogen and oxygen atoms in total. The van der Waals surface area contributed by atoms with Crippen molar-refractivity contribution in [3.05, 3.63) is 59.9 Å². The van der Waals surface area contributed by atoms with E-state index in [0.717, 1.165) is 0 Å². The molecule has 112 valence electrons. The Morgan fingerprint density at radius 3 is 2.50 bits per heavy atom. The van der Waals surface area contributed by atoms with E-state index in [1.807, 2.05) is 0 Å². The highest BCUT2D eigenvalue weighted by atomic mass is 16.5. The van der Waals surface area contributed by atoms with Crippen molar-refractivity contribution in [2.75, 3.05) is 11.9 Å². The summed E-state index contributed by atoms with van der Waals surface area (Å²) in [5, 5.41) is 2.56. The van der Waals surface area contributed by atoms with Crippen LogP contribution in [-0.4, -0.2) is 29.3 Å². The molecule has 0 radical (unpaired) electrons. The standard InChI is InChI=1S/C16H14N2O4/c1-11(19)13-3-2-4-14(9-13)18-15(20)10-22-16(21)12-5-7-17-8-6-12/h2-9H,10H2,1H3,(H,18,20). The number of esters is 1. The van der Waals surface area contributed by atoms with E-state index >= 15 is 0 Å². The van der Waals surface area contributed by atoms with Gasteiger partial charge in [-0.1, -0.05) is 12.1 Å². The third-order valence-corrected chi connectivity index (χ3v) is 2.80. The number of hydrogen-bond acceptors (Lipinski definition) is 5. The number of nitrogens with zero attached hydrogens (tertiary/aromatic N) is 1. The van der Waals surface area contributed by atoms with E-state index in [9.17, 15) is 14.4 Å². The van der Waals surface area contributed by atoms with Crippen LogP contribution < -0.4 is 5.32 Å². The number of anilines is 1. The van der Waals surface area contributed by atoms with Crippen LogP contribution in [0.25, 0.3) is 0 Å². The Kier molecular flexibility index (Phi) is 4.98. The lowest BCUT2D eigenvalue weighted by molar-refractivity contribution is -0.119. The van der Waals surface area contributed by atoms with Crippen LogP contribution in [-0.2, 0) is 9.53 Å². The van der Waals surface area contributed by atoms with E-state index in [2.05, 4.69) is 10.3 Å². The molecule has 1 aromatic heterocycles. The summed E-state index contributed by atoms with van der Waals surface area (Å²) in [6.45, 7) is 1.03. The number of pyridine rings is 1. The lowest BCUT2D eigenvalue weighted by Crippen LogP contribution is -2.21. The van der Waals surface area contributed by atoms with Crippen LogP contribution in [0.4, 0.5) is 5.69 Å². The SMILES string of the molecule is CC(=O)c1cccc(NC(=O)COC(=O)c2ccncc2)c1. The van der Waals surface area contributed by atoms with Crippen LogP contribution in [0, 0.1) is 0 Å².